The molecule has 1 heterocycles. The van der Waals surface area contributed by atoms with Crippen LogP contribution in [0.15, 0.2) is 36.4 Å². The molecular weight excluding hydrogens is 558 g/mol. The summed E-state index contributed by atoms with van der Waals surface area (Å²) in [7, 11) is 4.46. The third-order valence-corrected chi connectivity index (χ3v) is 8.32. The summed E-state index contributed by atoms with van der Waals surface area (Å²) in [6, 6.07) is 9.44. The molecule has 1 saturated carbocycles. The van der Waals surface area contributed by atoms with E-state index < -0.39 is 17.9 Å². The quantitative estimate of drug-likeness (QED) is 0.297. The van der Waals surface area contributed by atoms with Crippen LogP contribution in [0.25, 0.3) is 0 Å². The lowest BCUT2D eigenvalue weighted by atomic mass is 9.94. The molecule has 12 heteroatoms. The number of amides is 3. The second kappa shape index (κ2) is 13.6. The molecule has 11 nitrogen and oxygen atoms in total. The number of carbonyl (C=O) groups is 3. The number of nitrogens with one attached hydrogen (secondary N) is 1. The fourth-order valence-corrected chi connectivity index (χ4v) is 6.10. The van der Waals surface area contributed by atoms with Crippen LogP contribution < -0.4 is 35.9 Å². The molecule has 4 rings (SSSR count). The first-order valence-electron chi connectivity index (χ1n) is 13.8. The van der Waals surface area contributed by atoms with Crippen molar-refractivity contribution in [1.82, 2.24) is 9.69 Å². The smallest absolute Gasteiger partial charge is 0.273 e. The maximum Gasteiger partial charge on any atom is 0.273 e. The van der Waals surface area contributed by atoms with Gasteiger partial charge >= 0.3 is 0 Å². The highest BCUT2D eigenvalue weighted by Gasteiger charge is 2.38. The molecule has 0 spiro atoms. The van der Waals surface area contributed by atoms with Crippen LogP contribution in [0, 0.1) is 0 Å². The minimum Gasteiger partial charge on any atom is -0.493 e. The third-order valence-electron chi connectivity index (χ3n) is 7.47. The van der Waals surface area contributed by atoms with Crippen molar-refractivity contribution >= 4 is 40.6 Å². The summed E-state index contributed by atoms with van der Waals surface area (Å²) in [5, 5.41) is 3.19. The van der Waals surface area contributed by atoms with Gasteiger partial charge in [0.15, 0.2) is 17.2 Å². The van der Waals surface area contributed by atoms with Gasteiger partial charge in [0.25, 0.3) is 11.8 Å². The summed E-state index contributed by atoms with van der Waals surface area (Å²) in [6.07, 6.45) is 5.40. The number of anilines is 2. The van der Waals surface area contributed by atoms with Crippen molar-refractivity contribution in [2.45, 2.75) is 57.5 Å². The number of carbonyl (C=O) groups excluding carboxylic acids is 3. The molecule has 3 amide bonds. The summed E-state index contributed by atoms with van der Waals surface area (Å²) in [4.78, 5) is 42.2. The maximum atomic E-state index is 14.5. The van der Waals surface area contributed by atoms with Gasteiger partial charge in [0.2, 0.25) is 11.7 Å². The molecule has 0 radical (unpaired) electrons. The van der Waals surface area contributed by atoms with Gasteiger partial charge in [-0.25, -0.2) is 0 Å². The number of aromatic nitrogens is 1. The Labute approximate surface area is 249 Å². The lowest BCUT2D eigenvalue weighted by molar-refractivity contribution is -0.123. The molecule has 0 saturated heterocycles. The number of hydrogen-bond acceptors (Lipinski definition) is 9. The van der Waals surface area contributed by atoms with Crippen molar-refractivity contribution in [2.75, 3.05) is 32.0 Å². The molecule has 0 aliphatic heterocycles. The SMILES string of the molecule is CCc1ccccc1N(C(=O)c1snc(C(N)=O)c1N)[C@H](C(=O)NC1CCCCC1)c1cc(OC)c(OC)c(OC)c1. The van der Waals surface area contributed by atoms with Crippen LogP contribution in [-0.2, 0) is 11.2 Å². The Morgan fingerprint density at radius 3 is 2.24 bits per heavy atom. The first-order valence-corrected chi connectivity index (χ1v) is 14.6. The van der Waals surface area contributed by atoms with Crippen LogP contribution in [0.1, 0.15) is 76.4 Å². The van der Waals surface area contributed by atoms with Gasteiger partial charge in [-0.2, -0.15) is 4.37 Å². The van der Waals surface area contributed by atoms with E-state index >= 15 is 0 Å². The average molecular weight is 596 g/mol. The van der Waals surface area contributed by atoms with Crippen molar-refractivity contribution < 1.29 is 28.6 Å². The highest BCUT2D eigenvalue weighted by atomic mass is 32.1. The van der Waals surface area contributed by atoms with Crippen molar-refractivity contribution in [3.63, 3.8) is 0 Å². The molecule has 1 aliphatic rings. The van der Waals surface area contributed by atoms with Crippen LogP contribution in [-0.4, -0.2) is 49.5 Å². The number of para-hydroxylation sites is 1. The van der Waals surface area contributed by atoms with E-state index in [9.17, 15) is 14.4 Å². The van der Waals surface area contributed by atoms with Crippen LogP contribution in [0.3, 0.4) is 0 Å². The number of nitrogen functional groups attached to an aromatic ring is 1. The predicted octanol–water partition coefficient (Wildman–Crippen LogP) is 4.25. The topological polar surface area (TPSA) is 159 Å². The van der Waals surface area contributed by atoms with Gasteiger partial charge in [-0.15, -0.1) is 0 Å². The summed E-state index contributed by atoms with van der Waals surface area (Å²) < 4.78 is 20.8. The number of ether oxygens (including phenoxy) is 3. The summed E-state index contributed by atoms with van der Waals surface area (Å²) >= 11 is 0.762. The molecule has 1 atom stereocenters. The van der Waals surface area contributed by atoms with Gasteiger partial charge in [0.1, 0.15) is 10.9 Å². The second-order valence-corrected chi connectivity index (χ2v) is 10.8. The van der Waals surface area contributed by atoms with E-state index in [0.29, 0.717) is 34.9 Å². The van der Waals surface area contributed by atoms with E-state index in [-0.39, 0.29) is 28.2 Å². The van der Waals surface area contributed by atoms with E-state index in [0.717, 1.165) is 49.2 Å². The Morgan fingerprint density at radius 1 is 1.05 bits per heavy atom. The van der Waals surface area contributed by atoms with E-state index in [2.05, 4.69) is 9.69 Å². The van der Waals surface area contributed by atoms with Crippen LogP contribution >= 0.6 is 11.5 Å². The normalized spacial score (nSPS) is 14.1. The molecule has 5 N–H and O–H groups in total. The summed E-state index contributed by atoms with van der Waals surface area (Å²) in [5.41, 5.74) is 13.1. The van der Waals surface area contributed by atoms with E-state index in [1.165, 1.54) is 26.2 Å². The third kappa shape index (κ3) is 6.13. The van der Waals surface area contributed by atoms with Crippen LogP contribution in [0.2, 0.25) is 0 Å². The Bertz CT molecular complexity index is 1430. The van der Waals surface area contributed by atoms with Crippen molar-refractivity contribution in [3.8, 4) is 17.2 Å². The molecule has 1 aromatic heterocycles. The van der Waals surface area contributed by atoms with Gasteiger partial charge in [-0.05, 0) is 60.1 Å². The second-order valence-electron chi connectivity index (χ2n) is 10.0. The fraction of sp³-hybridized carbons (Fsp3) is 0.400. The predicted molar refractivity (Wildman–Crippen MR) is 162 cm³/mol. The Hall–Kier alpha value is -4.32. The number of aryl methyl sites for hydroxylation is 1. The molecule has 0 bridgehead atoms. The minimum absolute atomic E-state index is 0.00221. The zero-order chi connectivity index (χ0) is 30.4. The van der Waals surface area contributed by atoms with Crippen molar-refractivity contribution in [2.24, 2.45) is 5.73 Å². The van der Waals surface area contributed by atoms with E-state index in [4.69, 9.17) is 25.7 Å². The zero-order valence-electron chi connectivity index (χ0n) is 24.3. The minimum atomic E-state index is -1.18. The number of primary amides is 1. The fourth-order valence-electron chi connectivity index (χ4n) is 5.35. The summed E-state index contributed by atoms with van der Waals surface area (Å²) in [5.74, 6) is -0.831. The first-order chi connectivity index (χ1) is 20.2. The van der Waals surface area contributed by atoms with Crippen LogP contribution in [0.5, 0.6) is 17.2 Å². The standard InChI is InChI=1S/C30H37N5O6S/c1-5-17-11-9-10-14-20(17)35(30(38)27-23(31)24(28(32)36)34-42-27)25(29(37)33-19-12-7-6-8-13-19)18-15-21(39-2)26(41-4)22(16-18)40-3/h9-11,14-16,19,25H,5-8,12-13,31H2,1-4H3,(H2,32,36)(H,33,37)/t25-/m0/s1. The van der Waals surface area contributed by atoms with E-state index in [1.807, 2.05) is 19.1 Å². The number of benzene rings is 2. The highest BCUT2D eigenvalue weighted by molar-refractivity contribution is 7.09. The Balaban J connectivity index is 1.97. The van der Waals surface area contributed by atoms with E-state index in [1.54, 1.807) is 24.3 Å². The summed E-state index contributed by atoms with van der Waals surface area (Å²) in [6.45, 7) is 1.96. The Morgan fingerprint density at radius 2 is 1.69 bits per heavy atom. The molecule has 0 unspecified atom stereocenters. The molecule has 3 aromatic rings. The van der Waals surface area contributed by atoms with Gasteiger partial charge in [-0.1, -0.05) is 44.4 Å². The Kier molecular flexibility index (Phi) is 9.89. The van der Waals surface area contributed by atoms with Gasteiger partial charge < -0.3 is 31.0 Å². The van der Waals surface area contributed by atoms with Gasteiger partial charge in [-0.3, -0.25) is 19.3 Å². The monoisotopic (exact) mass is 595 g/mol. The molecule has 1 fully saturated rings. The number of methoxy groups -OCH3 is 3. The maximum absolute atomic E-state index is 14.5. The van der Waals surface area contributed by atoms with Gasteiger partial charge in [0, 0.05) is 11.7 Å². The van der Waals surface area contributed by atoms with Gasteiger partial charge in [0.05, 0.1) is 27.0 Å². The number of hydrogen-bond donors (Lipinski definition) is 3. The van der Waals surface area contributed by atoms with Crippen molar-refractivity contribution in [1.29, 1.82) is 0 Å². The largest absolute Gasteiger partial charge is 0.493 e. The lowest BCUT2D eigenvalue weighted by Crippen LogP contribution is -2.47. The first kappa shape index (κ1) is 30.6. The highest BCUT2D eigenvalue weighted by Crippen LogP contribution is 2.43. The van der Waals surface area contributed by atoms with Crippen LogP contribution in [0.4, 0.5) is 11.4 Å². The number of rotatable bonds is 11. The zero-order valence-corrected chi connectivity index (χ0v) is 25.1. The number of nitrogens with zero attached hydrogens (tertiary/aromatic N) is 2. The molecular formula is C30H37N5O6S. The molecule has 42 heavy (non-hydrogen) atoms. The average Bonchev–Trinajstić information content (AvgIpc) is 3.40. The molecule has 224 valence electrons. The number of nitrogens with two attached hydrogens (primary N) is 2. The lowest BCUT2D eigenvalue weighted by Gasteiger charge is -2.34. The van der Waals surface area contributed by atoms with Crippen molar-refractivity contribution in [3.05, 3.63) is 58.1 Å². The molecule has 2 aromatic carbocycles. The molecule has 1 aliphatic carbocycles.